The van der Waals surface area contributed by atoms with Crippen LogP contribution in [0, 0.1) is 11.8 Å². The van der Waals surface area contributed by atoms with Crippen molar-refractivity contribution in [2.45, 2.75) is 5.88 Å². The van der Waals surface area contributed by atoms with Gasteiger partial charge < -0.3 is 0 Å². The number of pyridine rings is 1. The van der Waals surface area contributed by atoms with E-state index < -0.39 is 5.95 Å². The van der Waals surface area contributed by atoms with Crippen molar-refractivity contribution in [3.63, 3.8) is 0 Å². The minimum atomic E-state index is -0.615. The van der Waals surface area contributed by atoms with Crippen LogP contribution < -0.4 is 0 Å². The van der Waals surface area contributed by atoms with Crippen molar-refractivity contribution >= 4 is 11.6 Å². The van der Waals surface area contributed by atoms with Crippen LogP contribution in [0.15, 0.2) is 36.5 Å². The lowest BCUT2D eigenvalue weighted by molar-refractivity contribution is 0.582. The summed E-state index contributed by atoms with van der Waals surface area (Å²) in [6, 6.07) is 7.47. The van der Waals surface area contributed by atoms with Gasteiger partial charge in [-0.25, -0.2) is 9.37 Å². The summed E-state index contributed by atoms with van der Waals surface area (Å²) in [7, 11) is 0. The van der Waals surface area contributed by atoms with E-state index in [2.05, 4.69) is 4.98 Å². The number of hydrogen-bond donors (Lipinski definition) is 0. The smallest absolute Gasteiger partial charge is 0.213 e. The van der Waals surface area contributed by atoms with Crippen LogP contribution in [-0.4, -0.2) is 4.98 Å². The molecule has 16 heavy (non-hydrogen) atoms. The molecule has 2 aromatic rings. The molecule has 82 valence electrons. The maximum absolute atomic E-state index is 13.5. The molecule has 4 heteroatoms. The van der Waals surface area contributed by atoms with Gasteiger partial charge in [-0.1, -0.05) is 18.2 Å². The lowest BCUT2D eigenvalue weighted by Gasteiger charge is -2.07. The monoisotopic (exact) mass is 239 g/mol. The summed E-state index contributed by atoms with van der Waals surface area (Å²) >= 11 is 5.69. The highest BCUT2D eigenvalue weighted by Crippen LogP contribution is 2.26. The van der Waals surface area contributed by atoms with E-state index >= 15 is 0 Å². The normalized spacial score (nSPS) is 10.4. The molecule has 0 saturated carbocycles. The van der Waals surface area contributed by atoms with E-state index in [4.69, 9.17) is 11.6 Å². The van der Waals surface area contributed by atoms with Crippen LogP contribution in [0.1, 0.15) is 5.56 Å². The Morgan fingerprint density at radius 2 is 1.88 bits per heavy atom. The number of hydrogen-bond acceptors (Lipinski definition) is 1. The zero-order valence-corrected chi connectivity index (χ0v) is 9.01. The Labute approximate surface area is 96.7 Å². The Morgan fingerprint density at radius 1 is 1.12 bits per heavy atom. The molecule has 1 heterocycles. The highest BCUT2D eigenvalue weighted by atomic mass is 35.5. The Hall–Kier alpha value is -1.48. The van der Waals surface area contributed by atoms with E-state index in [1.54, 1.807) is 18.2 Å². The van der Waals surface area contributed by atoms with Gasteiger partial charge in [0.05, 0.1) is 0 Å². The zero-order chi connectivity index (χ0) is 11.5. The largest absolute Gasteiger partial charge is 0.228 e. The highest BCUT2D eigenvalue weighted by Gasteiger charge is 2.10. The summed E-state index contributed by atoms with van der Waals surface area (Å²) in [5.41, 5.74) is 1.43. The lowest BCUT2D eigenvalue weighted by atomic mass is 10.0. The zero-order valence-electron chi connectivity index (χ0n) is 8.25. The average Bonchev–Trinajstić information content (AvgIpc) is 2.30. The third-order valence-electron chi connectivity index (χ3n) is 2.26. The molecule has 1 aromatic heterocycles. The van der Waals surface area contributed by atoms with Crippen molar-refractivity contribution in [2.24, 2.45) is 0 Å². The van der Waals surface area contributed by atoms with E-state index in [1.165, 1.54) is 18.3 Å². The van der Waals surface area contributed by atoms with Gasteiger partial charge in [0.2, 0.25) is 5.95 Å². The van der Waals surface area contributed by atoms with E-state index in [1.807, 2.05) is 0 Å². The molecule has 0 aliphatic rings. The van der Waals surface area contributed by atoms with Gasteiger partial charge in [-0.15, -0.1) is 11.6 Å². The average molecular weight is 240 g/mol. The molecule has 0 bridgehead atoms. The van der Waals surface area contributed by atoms with Crippen molar-refractivity contribution in [3.05, 3.63) is 53.9 Å². The molecule has 0 spiro atoms. The number of aromatic nitrogens is 1. The fourth-order valence-corrected chi connectivity index (χ4v) is 1.72. The summed E-state index contributed by atoms with van der Waals surface area (Å²) in [4.78, 5) is 3.51. The van der Waals surface area contributed by atoms with E-state index in [0.717, 1.165) is 0 Å². The third-order valence-corrected chi connectivity index (χ3v) is 2.55. The first-order valence-corrected chi connectivity index (χ1v) is 5.21. The second-order valence-corrected chi connectivity index (χ2v) is 3.54. The van der Waals surface area contributed by atoms with E-state index in [9.17, 15) is 8.78 Å². The molecule has 0 unspecified atom stereocenters. The first-order chi connectivity index (χ1) is 7.72. The van der Waals surface area contributed by atoms with Crippen LogP contribution in [0.2, 0.25) is 0 Å². The molecule has 0 aliphatic heterocycles. The van der Waals surface area contributed by atoms with Gasteiger partial charge in [0.1, 0.15) is 5.82 Å². The fourth-order valence-electron chi connectivity index (χ4n) is 1.50. The second-order valence-electron chi connectivity index (χ2n) is 3.28. The van der Waals surface area contributed by atoms with Gasteiger partial charge in [0.25, 0.3) is 0 Å². The Bertz CT molecular complexity index is 514. The molecule has 1 nitrogen and oxygen atoms in total. The van der Waals surface area contributed by atoms with Crippen molar-refractivity contribution in [1.82, 2.24) is 4.98 Å². The van der Waals surface area contributed by atoms with Crippen LogP contribution in [-0.2, 0) is 5.88 Å². The maximum atomic E-state index is 13.5. The topological polar surface area (TPSA) is 12.9 Å². The van der Waals surface area contributed by atoms with Crippen LogP contribution in [0.3, 0.4) is 0 Å². The first kappa shape index (κ1) is 11.0. The summed E-state index contributed by atoms with van der Waals surface area (Å²) in [6.07, 6.45) is 1.30. The van der Waals surface area contributed by atoms with Crippen molar-refractivity contribution in [3.8, 4) is 11.1 Å². The molecule has 0 radical (unpaired) electrons. The second kappa shape index (κ2) is 4.58. The molecule has 0 atom stereocenters. The minimum Gasteiger partial charge on any atom is -0.228 e. The summed E-state index contributed by atoms with van der Waals surface area (Å²) in [5.74, 6) is -0.874. The van der Waals surface area contributed by atoms with Crippen LogP contribution >= 0.6 is 11.6 Å². The van der Waals surface area contributed by atoms with Crippen LogP contribution in [0.25, 0.3) is 11.1 Å². The minimum absolute atomic E-state index is 0.114. The molecule has 2 rings (SSSR count). The number of halogens is 3. The molecule has 0 fully saturated rings. The van der Waals surface area contributed by atoms with Crippen molar-refractivity contribution in [1.29, 1.82) is 0 Å². The number of rotatable bonds is 2. The Balaban J connectivity index is 2.60. The quantitative estimate of drug-likeness (QED) is 0.574. The Kier molecular flexibility index (Phi) is 3.15. The maximum Gasteiger partial charge on any atom is 0.213 e. The number of benzene rings is 1. The van der Waals surface area contributed by atoms with Gasteiger partial charge in [0, 0.05) is 23.2 Å². The number of alkyl halides is 1. The summed E-state index contributed by atoms with van der Waals surface area (Å²) in [5, 5.41) is 0. The van der Waals surface area contributed by atoms with Crippen LogP contribution in [0.4, 0.5) is 8.78 Å². The first-order valence-electron chi connectivity index (χ1n) is 4.67. The molecular weight excluding hydrogens is 232 g/mol. The molecule has 0 N–H and O–H groups in total. The summed E-state index contributed by atoms with van der Waals surface area (Å²) < 4.78 is 26.4. The van der Waals surface area contributed by atoms with Gasteiger partial charge >= 0.3 is 0 Å². The van der Waals surface area contributed by atoms with Gasteiger partial charge in [-0.3, -0.25) is 0 Å². The Morgan fingerprint density at radius 3 is 2.56 bits per heavy atom. The van der Waals surface area contributed by atoms with E-state index in [-0.39, 0.29) is 11.7 Å². The van der Waals surface area contributed by atoms with Gasteiger partial charge in [-0.2, -0.15) is 4.39 Å². The van der Waals surface area contributed by atoms with Gasteiger partial charge in [-0.05, 0) is 17.7 Å². The third kappa shape index (κ3) is 2.04. The summed E-state index contributed by atoms with van der Waals surface area (Å²) in [6.45, 7) is 0. The molecule has 1 aromatic carbocycles. The van der Waals surface area contributed by atoms with Crippen molar-refractivity contribution < 1.29 is 8.78 Å². The number of nitrogens with zero attached hydrogens (tertiary/aromatic N) is 1. The fraction of sp³-hybridized carbons (Fsp3) is 0.0833. The van der Waals surface area contributed by atoms with Gasteiger partial charge in [0.15, 0.2) is 0 Å². The standard InChI is InChI=1S/C12H8ClF2N/c13-6-8-5-12(15)16-7-10(8)9-3-1-2-4-11(9)14/h1-5,7H,6H2. The SMILES string of the molecule is Fc1cc(CCl)c(-c2ccccc2F)cn1. The predicted octanol–water partition coefficient (Wildman–Crippen LogP) is 3.77. The predicted molar refractivity (Wildman–Crippen MR) is 59.1 cm³/mol. The molecule has 0 amide bonds. The molecular formula is C12H8ClF2N. The van der Waals surface area contributed by atoms with Crippen LogP contribution in [0.5, 0.6) is 0 Å². The molecule has 0 aliphatic carbocycles. The van der Waals surface area contributed by atoms with Crippen molar-refractivity contribution in [2.75, 3.05) is 0 Å². The molecule has 0 saturated heterocycles. The highest BCUT2D eigenvalue weighted by molar-refractivity contribution is 6.17. The lowest BCUT2D eigenvalue weighted by Crippen LogP contribution is -1.93. The van der Waals surface area contributed by atoms with E-state index in [0.29, 0.717) is 16.7 Å².